The Balaban J connectivity index is 4.95. The van der Waals surface area contributed by atoms with Crippen LogP contribution < -0.4 is 0 Å². The summed E-state index contributed by atoms with van der Waals surface area (Å²) in [5, 5.41) is 0. The molecule has 0 saturated carbocycles. The fourth-order valence-electron chi connectivity index (χ4n) is 1.17. The fraction of sp³-hybridized carbons (Fsp3) is 0.667. The highest BCUT2D eigenvalue weighted by Gasteiger charge is 2.51. The summed E-state index contributed by atoms with van der Waals surface area (Å²) in [6, 6.07) is 0.176. The number of carbonyl (C=O) groups excluding carboxylic acids is 3. The second kappa shape index (κ2) is 7.33. The lowest BCUT2D eigenvalue weighted by molar-refractivity contribution is -0.147. The lowest BCUT2D eigenvalue weighted by Crippen LogP contribution is -2.49. The van der Waals surface area contributed by atoms with E-state index in [0.717, 1.165) is 20.8 Å². The number of thiol groups is 1. The molecule has 0 atom stereocenters. The molecule has 6 nitrogen and oxygen atoms in total. The van der Waals surface area contributed by atoms with Crippen molar-refractivity contribution in [3.8, 4) is 0 Å². The monoisotopic (exact) mass is 280 g/mol. The summed E-state index contributed by atoms with van der Waals surface area (Å²) in [7, 11) is -3.60. The van der Waals surface area contributed by atoms with Gasteiger partial charge in [-0.25, -0.2) is 0 Å². The van der Waals surface area contributed by atoms with E-state index >= 15 is 0 Å². The summed E-state index contributed by atoms with van der Waals surface area (Å²) >= 11 is 4.01. The molecule has 17 heavy (non-hydrogen) atoms. The molecule has 8 heteroatoms. The summed E-state index contributed by atoms with van der Waals surface area (Å²) in [4.78, 5) is 33.0. The molecule has 0 amide bonds. The Labute approximate surface area is 106 Å². The van der Waals surface area contributed by atoms with E-state index in [1.807, 2.05) is 0 Å². The molecule has 0 aromatic rings. The van der Waals surface area contributed by atoms with Gasteiger partial charge in [0.05, 0.1) is 6.04 Å². The van der Waals surface area contributed by atoms with Crippen LogP contribution in [0.25, 0.3) is 0 Å². The predicted molar refractivity (Wildman–Crippen MR) is 64.3 cm³/mol. The molecule has 0 N–H and O–H groups in total. The van der Waals surface area contributed by atoms with Crippen LogP contribution in [-0.2, 0) is 27.7 Å². The van der Waals surface area contributed by atoms with E-state index in [4.69, 9.17) is 13.3 Å². The Kier molecular flexibility index (Phi) is 6.89. The number of hydrogen-bond acceptors (Lipinski definition) is 7. The maximum Gasteiger partial charge on any atom is 0.705 e. The molecular formula is C9H16O6SSi. The SMILES string of the molecule is CC(=O)O[Si](CCCS)(OC(C)=O)OC(C)=O. The molecule has 0 fully saturated rings. The van der Waals surface area contributed by atoms with Crippen molar-refractivity contribution in [3.63, 3.8) is 0 Å². The molecule has 0 aliphatic carbocycles. The van der Waals surface area contributed by atoms with Crippen LogP contribution in [0.4, 0.5) is 0 Å². The molecule has 0 bridgehead atoms. The standard InChI is InChI=1S/C9H16O6SSi/c1-7(10)13-17(6-4-5-16,14-8(2)11)15-9(3)12/h16H,4-6H2,1-3H3. The van der Waals surface area contributed by atoms with E-state index in [-0.39, 0.29) is 6.04 Å². The topological polar surface area (TPSA) is 78.9 Å². The smallest absolute Gasteiger partial charge is 0.455 e. The molecule has 0 heterocycles. The van der Waals surface area contributed by atoms with Crippen molar-refractivity contribution in [2.75, 3.05) is 5.75 Å². The van der Waals surface area contributed by atoms with Crippen molar-refractivity contribution in [3.05, 3.63) is 0 Å². The molecule has 0 rings (SSSR count). The van der Waals surface area contributed by atoms with E-state index < -0.39 is 26.7 Å². The van der Waals surface area contributed by atoms with Gasteiger partial charge in [-0.3, -0.25) is 14.4 Å². The molecule has 0 spiro atoms. The molecule has 0 aromatic carbocycles. The molecule has 98 valence electrons. The van der Waals surface area contributed by atoms with Gasteiger partial charge in [0.2, 0.25) is 0 Å². The summed E-state index contributed by atoms with van der Waals surface area (Å²) in [5.41, 5.74) is 0. The van der Waals surface area contributed by atoms with Crippen LogP contribution in [0.2, 0.25) is 6.04 Å². The second-order valence-corrected chi connectivity index (χ2v) is 6.22. The van der Waals surface area contributed by atoms with Crippen LogP contribution in [0, 0.1) is 0 Å². The summed E-state index contributed by atoms with van der Waals surface area (Å²) < 4.78 is 14.8. The normalized spacial score (nSPS) is 10.6. The molecule has 0 radical (unpaired) electrons. The lowest BCUT2D eigenvalue weighted by atomic mass is 10.6. The minimum Gasteiger partial charge on any atom is -0.455 e. The van der Waals surface area contributed by atoms with Gasteiger partial charge in [0.1, 0.15) is 0 Å². The van der Waals surface area contributed by atoms with Gasteiger partial charge in [-0.05, 0) is 12.2 Å². The van der Waals surface area contributed by atoms with Gasteiger partial charge < -0.3 is 13.3 Å². The number of rotatable bonds is 6. The van der Waals surface area contributed by atoms with Crippen molar-refractivity contribution in [1.82, 2.24) is 0 Å². The lowest BCUT2D eigenvalue weighted by Gasteiger charge is -2.25. The minimum atomic E-state index is -3.60. The zero-order chi connectivity index (χ0) is 13.5. The average Bonchev–Trinajstić information content (AvgIpc) is 2.11. The quantitative estimate of drug-likeness (QED) is 0.576. The number of hydrogen-bond donors (Lipinski definition) is 1. The fourth-order valence-corrected chi connectivity index (χ4v) is 3.98. The highest BCUT2D eigenvalue weighted by Crippen LogP contribution is 2.19. The van der Waals surface area contributed by atoms with Crippen molar-refractivity contribution in [2.45, 2.75) is 33.2 Å². The van der Waals surface area contributed by atoms with Crippen molar-refractivity contribution in [2.24, 2.45) is 0 Å². The van der Waals surface area contributed by atoms with E-state index in [1.165, 1.54) is 0 Å². The third-order valence-corrected chi connectivity index (χ3v) is 4.62. The van der Waals surface area contributed by atoms with E-state index in [1.54, 1.807) is 0 Å². The summed E-state index contributed by atoms with van der Waals surface area (Å²) in [5.74, 6) is -1.46. The van der Waals surface area contributed by atoms with Gasteiger partial charge in [0, 0.05) is 20.8 Å². The first kappa shape index (κ1) is 16.0. The first-order valence-electron chi connectivity index (χ1n) is 5.01. The molecule has 0 aliphatic rings. The Morgan fingerprint density at radius 3 is 1.53 bits per heavy atom. The van der Waals surface area contributed by atoms with Gasteiger partial charge in [-0.1, -0.05) is 0 Å². The van der Waals surface area contributed by atoms with Crippen molar-refractivity contribution >= 4 is 39.3 Å². The summed E-state index contributed by atoms with van der Waals surface area (Å²) in [6.07, 6.45) is 0.503. The van der Waals surface area contributed by atoms with Crippen LogP contribution in [0.15, 0.2) is 0 Å². The second-order valence-electron chi connectivity index (χ2n) is 3.29. The Bertz CT molecular complexity index is 265. The predicted octanol–water partition coefficient (Wildman–Crippen LogP) is 0.934. The maximum atomic E-state index is 11.0. The van der Waals surface area contributed by atoms with Crippen LogP contribution in [-0.4, -0.2) is 32.5 Å². The average molecular weight is 280 g/mol. The first-order chi connectivity index (χ1) is 7.81. The third-order valence-electron chi connectivity index (χ3n) is 1.54. The Hall–Kier alpha value is -1.02. The van der Waals surface area contributed by atoms with Crippen LogP contribution in [0.5, 0.6) is 0 Å². The van der Waals surface area contributed by atoms with E-state index in [2.05, 4.69) is 12.6 Å². The third kappa shape index (κ3) is 7.00. The van der Waals surface area contributed by atoms with Gasteiger partial charge in [0.15, 0.2) is 0 Å². The Morgan fingerprint density at radius 1 is 0.941 bits per heavy atom. The molecule has 0 saturated heterocycles. The zero-order valence-corrected chi connectivity index (χ0v) is 11.9. The molecular weight excluding hydrogens is 264 g/mol. The largest absolute Gasteiger partial charge is 0.705 e. The molecule has 0 unspecified atom stereocenters. The van der Waals surface area contributed by atoms with Gasteiger partial charge >= 0.3 is 8.80 Å². The molecule has 0 aliphatic heterocycles. The van der Waals surface area contributed by atoms with Gasteiger partial charge in [0.25, 0.3) is 17.9 Å². The Morgan fingerprint density at radius 2 is 1.29 bits per heavy atom. The number of carbonyl (C=O) groups is 3. The van der Waals surface area contributed by atoms with Crippen LogP contribution in [0.1, 0.15) is 27.2 Å². The van der Waals surface area contributed by atoms with E-state index in [0.29, 0.717) is 12.2 Å². The molecule has 0 aromatic heterocycles. The highest BCUT2D eigenvalue weighted by molar-refractivity contribution is 7.80. The van der Waals surface area contributed by atoms with Crippen molar-refractivity contribution in [1.29, 1.82) is 0 Å². The van der Waals surface area contributed by atoms with Gasteiger partial charge in [-0.2, -0.15) is 12.6 Å². The minimum absolute atomic E-state index is 0.176. The van der Waals surface area contributed by atoms with Crippen LogP contribution >= 0.6 is 12.6 Å². The van der Waals surface area contributed by atoms with Gasteiger partial charge in [-0.15, -0.1) is 0 Å². The first-order valence-corrected chi connectivity index (χ1v) is 7.57. The van der Waals surface area contributed by atoms with Crippen molar-refractivity contribution < 1.29 is 27.7 Å². The van der Waals surface area contributed by atoms with E-state index in [9.17, 15) is 14.4 Å². The zero-order valence-electron chi connectivity index (χ0n) is 10.0. The van der Waals surface area contributed by atoms with Crippen LogP contribution in [0.3, 0.4) is 0 Å². The maximum absolute atomic E-state index is 11.0. The highest BCUT2D eigenvalue weighted by atomic mass is 32.1. The summed E-state index contributed by atoms with van der Waals surface area (Å²) in [6.45, 7) is 3.49.